The van der Waals surface area contributed by atoms with Crippen LogP contribution in [-0.2, 0) is 16.1 Å². The normalized spacial score (nSPS) is 22.9. The second kappa shape index (κ2) is 16.1. The third kappa shape index (κ3) is 7.75. The molecule has 2 aromatic carbocycles. The lowest BCUT2D eigenvalue weighted by molar-refractivity contribution is -0.136. The molecule has 0 radical (unpaired) electrons. The number of hydrogen-bond acceptors (Lipinski definition) is 12. The molecule has 2 aromatic heterocycles. The van der Waals surface area contributed by atoms with Crippen LogP contribution in [0, 0.1) is 11.8 Å². The van der Waals surface area contributed by atoms with Gasteiger partial charge in [-0.1, -0.05) is 0 Å². The highest BCUT2D eigenvalue weighted by atomic mass is 16.5. The Hall–Kier alpha value is -5.28. The van der Waals surface area contributed by atoms with Crippen LogP contribution >= 0.6 is 0 Å². The Bertz CT molecular complexity index is 2350. The van der Waals surface area contributed by atoms with Crippen LogP contribution in [0.15, 0.2) is 42.7 Å². The van der Waals surface area contributed by atoms with E-state index in [4.69, 9.17) is 14.5 Å². The van der Waals surface area contributed by atoms with Crippen LogP contribution < -0.4 is 24.6 Å². The highest BCUT2D eigenvalue weighted by Crippen LogP contribution is 2.44. The van der Waals surface area contributed by atoms with Gasteiger partial charge in [-0.25, -0.2) is 9.97 Å². The number of carbonyl (C=O) groups is 3. The van der Waals surface area contributed by atoms with Crippen LogP contribution in [-0.4, -0.2) is 136 Å². The highest BCUT2D eigenvalue weighted by Gasteiger charge is 2.43. The number of methoxy groups -OCH3 is 1. The van der Waals surface area contributed by atoms with Crippen molar-refractivity contribution < 1.29 is 23.9 Å². The Kier molecular flexibility index (Phi) is 10.6. The van der Waals surface area contributed by atoms with Gasteiger partial charge in [0.25, 0.3) is 5.91 Å². The van der Waals surface area contributed by atoms with Crippen molar-refractivity contribution in [3.8, 4) is 22.9 Å². The average molecular weight is 845 g/mol. The van der Waals surface area contributed by atoms with Gasteiger partial charge in [-0.2, -0.15) is 5.10 Å². The molecule has 5 fully saturated rings. The summed E-state index contributed by atoms with van der Waals surface area (Å²) in [6.07, 6.45) is 8.89. The summed E-state index contributed by atoms with van der Waals surface area (Å²) in [6, 6.07) is 11.5. The highest BCUT2D eigenvalue weighted by molar-refractivity contribution is 6.06. The summed E-state index contributed by atoms with van der Waals surface area (Å²) in [7, 11) is 1.66. The van der Waals surface area contributed by atoms with Crippen molar-refractivity contribution in [2.24, 2.45) is 11.8 Å². The minimum atomic E-state index is -0.647. The number of piperazine rings is 1. The van der Waals surface area contributed by atoms with Gasteiger partial charge in [-0.15, -0.1) is 0 Å². The van der Waals surface area contributed by atoms with Crippen molar-refractivity contribution >= 4 is 40.1 Å². The van der Waals surface area contributed by atoms with E-state index in [1.165, 1.54) is 0 Å². The molecule has 4 saturated heterocycles. The second-order valence-corrected chi connectivity index (χ2v) is 19.3. The molecule has 2 N–H and O–H groups in total. The van der Waals surface area contributed by atoms with Crippen molar-refractivity contribution in [3.05, 3.63) is 53.9 Å². The number of hydrogen-bond donors (Lipinski definition) is 2. The lowest BCUT2D eigenvalue weighted by Gasteiger charge is -2.50. The van der Waals surface area contributed by atoms with Crippen LogP contribution in [0.2, 0.25) is 0 Å². The van der Waals surface area contributed by atoms with E-state index in [9.17, 15) is 14.4 Å². The lowest BCUT2D eigenvalue weighted by atomic mass is 9.78. The molecule has 0 bridgehead atoms. The van der Waals surface area contributed by atoms with E-state index in [1.54, 1.807) is 18.3 Å². The summed E-state index contributed by atoms with van der Waals surface area (Å²) in [5.41, 5.74) is 5.08. The maximum absolute atomic E-state index is 13.4. The number of fused-ring (bicyclic) bond motifs is 2. The van der Waals surface area contributed by atoms with Gasteiger partial charge < -0.3 is 29.1 Å². The molecule has 6 aliphatic rings. The average Bonchev–Trinajstić information content (AvgIpc) is 3.70. The topological polar surface area (TPSA) is 152 Å². The number of piperidine rings is 3. The molecule has 5 aliphatic heterocycles. The summed E-state index contributed by atoms with van der Waals surface area (Å²) in [5, 5.41) is 11.2. The third-order valence-corrected chi connectivity index (χ3v) is 15.1. The number of carbonyl (C=O) groups excluding carboxylic acids is 3. The van der Waals surface area contributed by atoms with Crippen molar-refractivity contribution in [1.82, 2.24) is 40.2 Å². The molecule has 0 spiro atoms. The molecule has 62 heavy (non-hydrogen) atoms. The first-order valence-electron chi connectivity index (χ1n) is 22.8. The van der Waals surface area contributed by atoms with Gasteiger partial charge in [0.05, 0.1) is 30.6 Å². The minimum Gasteiger partial charge on any atom is -0.494 e. The van der Waals surface area contributed by atoms with Gasteiger partial charge in [0.1, 0.15) is 41.0 Å². The molecular weight excluding hydrogens is 785 g/mol. The van der Waals surface area contributed by atoms with E-state index in [-0.39, 0.29) is 29.4 Å². The standard InChI is InChI=1S/C47H60N10O5/c1-46(2,31-13-19-54(20-14-31)38-8-6-33-35(43(38)61-4)28-57(45(33)60)39-9-10-41(58)50-44(39)59)56-23-21-53(22-24-56)27-30-11-17-55(18-12-30)40-26-37(48-29-49-40)42-34-25-32(62-47(3)15-16-47)5-7-36(34)51-52-42/h5-8,25-26,29-31,39H,9-24,27-28H2,1-4H3,(H,51,52)(H,50,58,59). The Morgan fingerprint density at radius 2 is 1.63 bits per heavy atom. The van der Waals surface area contributed by atoms with Crippen molar-refractivity contribution in [1.29, 1.82) is 0 Å². The van der Waals surface area contributed by atoms with Gasteiger partial charge in [0.2, 0.25) is 11.8 Å². The fourth-order valence-electron chi connectivity index (χ4n) is 10.8. The maximum atomic E-state index is 13.4. The van der Waals surface area contributed by atoms with Crippen LogP contribution in [0.5, 0.6) is 11.5 Å². The molecule has 10 rings (SSSR count). The first-order valence-corrected chi connectivity index (χ1v) is 22.8. The predicted octanol–water partition coefficient (Wildman–Crippen LogP) is 5.25. The first kappa shape index (κ1) is 40.8. The van der Waals surface area contributed by atoms with Crippen LogP contribution in [0.3, 0.4) is 0 Å². The number of H-pyrrole nitrogens is 1. The summed E-state index contributed by atoms with van der Waals surface area (Å²) < 4.78 is 12.2. The Balaban J connectivity index is 0.698. The van der Waals surface area contributed by atoms with E-state index in [0.29, 0.717) is 30.4 Å². The molecule has 3 amide bonds. The van der Waals surface area contributed by atoms with E-state index < -0.39 is 11.9 Å². The predicted molar refractivity (Wildman–Crippen MR) is 236 cm³/mol. The largest absolute Gasteiger partial charge is 0.494 e. The van der Waals surface area contributed by atoms with Gasteiger partial charge in [0, 0.05) is 93.4 Å². The number of aromatic amines is 1. The van der Waals surface area contributed by atoms with E-state index in [1.807, 2.05) is 24.3 Å². The summed E-state index contributed by atoms with van der Waals surface area (Å²) in [5.74, 6) is 2.93. The molecule has 15 heteroatoms. The number of nitrogens with one attached hydrogen (secondary N) is 2. The fourth-order valence-corrected chi connectivity index (χ4v) is 10.8. The molecule has 7 heterocycles. The smallest absolute Gasteiger partial charge is 0.255 e. The van der Waals surface area contributed by atoms with Crippen molar-refractivity contribution in [3.63, 3.8) is 0 Å². The Morgan fingerprint density at radius 3 is 2.35 bits per heavy atom. The van der Waals surface area contributed by atoms with Crippen LogP contribution in [0.1, 0.15) is 88.1 Å². The summed E-state index contributed by atoms with van der Waals surface area (Å²) >= 11 is 0. The molecule has 15 nitrogen and oxygen atoms in total. The molecule has 1 saturated carbocycles. The summed E-state index contributed by atoms with van der Waals surface area (Å²) in [6.45, 7) is 16.7. The SMILES string of the molecule is COc1c(N2CCC(C(C)(C)N3CCN(CC4CCN(c5cc(-c6n[nH]c7ccc(OC8(C)CC8)cc67)ncn5)CC4)CC3)CC2)ccc2c1CN(C1CCC(=O)NC1=O)C2=O. The number of rotatable bonds is 11. The van der Waals surface area contributed by atoms with E-state index in [2.05, 4.69) is 73.0 Å². The molecule has 1 aliphatic carbocycles. The Morgan fingerprint density at radius 1 is 0.871 bits per heavy atom. The number of anilines is 2. The minimum absolute atomic E-state index is 0.0413. The zero-order valence-electron chi connectivity index (χ0n) is 36.6. The zero-order valence-corrected chi connectivity index (χ0v) is 36.6. The number of aromatic nitrogens is 4. The lowest BCUT2D eigenvalue weighted by Crippen LogP contribution is -2.59. The molecule has 4 aromatic rings. The number of amides is 3. The number of nitrogens with zero attached hydrogens (tertiary/aromatic N) is 8. The second-order valence-electron chi connectivity index (χ2n) is 19.3. The number of imide groups is 1. The van der Waals surface area contributed by atoms with E-state index in [0.717, 1.165) is 148 Å². The van der Waals surface area contributed by atoms with Gasteiger partial charge in [-0.05, 0) is 108 Å². The van der Waals surface area contributed by atoms with E-state index >= 15 is 0 Å². The summed E-state index contributed by atoms with van der Waals surface area (Å²) in [4.78, 5) is 59.0. The maximum Gasteiger partial charge on any atom is 0.255 e. The van der Waals surface area contributed by atoms with Crippen LogP contribution in [0.4, 0.5) is 11.5 Å². The molecular formula is C47H60N10O5. The van der Waals surface area contributed by atoms with Crippen molar-refractivity contribution in [2.75, 3.05) is 75.8 Å². The van der Waals surface area contributed by atoms with Crippen LogP contribution in [0.25, 0.3) is 22.3 Å². The number of benzene rings is 2. The monoisotopic (exact) mass is 844 g/mol. The third-order valence-electron chi connectivity index (χ3n) is 15.1. The molecule has 328 valence electrons. The first-order chi connectivity index (χ1) is 30.0. The van der Waals surface area contributed by atoms with Gasteiger partial charge >= 0.3 is 0 Å². The van der Waals surface area contributed by atoms with Gasteiger partial charge in [0.15, 0.2) is 0 Å². The fraction of sp³-hybridized carbons (Fsp3) is 0.574. The van der Waals surface area contributed by atoms with Crippen molar-refractivity contribution in [2.45, 2.75) is 95.9 Å². The molecule has 1 atom stereocenters. The quantitative estimate of drug-likeness (QED) is 0.190. The van der Waals surface area contributed by atoms with Gasteiger partial charge in [-0.3, -0.25) is 29.7 Å². The zero-order chi connectivity index (χ0) is 42.8. The molecule has 1 unspecified atom stereocenters. The Labute approximate surface area is 363 Å². The number of ether oxygens (including phenoxy) is 2.